The van der Waals surface area contributed by atoms with Gasteiger partial charge in [-0.1, -0.05) is 0 Å². The zero-order valence-corrected chi connectivity index (χ0v) is 13.4. The van der Waals surface area contributed by atoms with Gasteiger partial charge in [0.2, 0.25) is 5.91 Å². The van der Waals surface area contributed by atoms with Crippen molar-refractivity contribution in [1.82, 2.24) is 4.90 Å². The molecular weight excluding hydrogens is 326 g/mol. The van der Waals surface area contributed by atoms with Crippen LogP contribution in [-0.2, 0) is 9.53 Å². The summed E-state index contributed by atoms with van der Waals surface area (Å²) in [6.07, 6.45) is 5.77. The molecule has 0 radical (unpaired) electrons. The third kappa shape index (κ3) is 4.44. The molecule has 0 aromatic carbocycles. The molecule has 1 atom stereocenters. The molecule has 5 heteroatoms. The summed E-state index contributed by atoms with van der Waals surface area (Å²) in [6.45, 7) is 2.41. The van der Waals surface area contributed by atoms with Gasteiger partial charge in [0, 0.05) is 26.3 Å². The van der Waals surface area contributed by atoms with Crippen molar-refractivity contribution in [3.8, 4) is 0 Å². The van der Waals surface area contributed by atoms with Gasteiger partial charge in [0.05, 0.1) is 10.4 Å². The third-order valence-electron chi connectivity index (χ3n) is 3.24. The van der Waals surface area contributed by atoms with Crippen molar-refractivity contribution >= 4 is 39.2 Å². The highest BCUT2D eigenvalue weighted by atomic mass is 79.9. The van der Waals surface area contributed by atoms with E-state index in [0.29, 0.717) is 5.92 Å². The average molecular weight is 344 g/mol. The second-order valence-corrected chi connectivity index (χ2v) is 7.06. The summed E-state index contributed by atoms with van der Waals surface area (Å²) in [6, 6.07) is 2.01. The molecular formula is C14H18BrNO2S. The Labute approximate surface area is 126 Å². The highest BCUT2D eigenvalue weighted by Crippen LogP contribution is 2.22. The van der Waals surface area contributed by atoms with E-state index in [0.717, 1.165) is 41.9 Å². The second-order valence-electron chi connectivity index (χ2n) is 4.77. The number of carbonyl (C=O) groups is 1. The standard InChI is InChI=1S/C14H18BrNO2S/c1-18-9-12-3-2-6-16(8-12)14(17)5-4-11-7-13(15)19-10-11/h4-5,7,10,12H,2-3,6,8-9H2,1H3/b5-4+. The number of piperidine rings is 1. The quantitative estimate of drug-likeness (QED) is 0.784. The topological polar surface area (TPSA) is 29.5 Å². The average Bonchev–Trinajstić information content (AvgIpc) is 2.82. The van der Waals surface area contributed by atoms with Gasteiger partial charge >= 0.3 is 0 Å². The maximum absolute atomic E-state index is 12.1. The van der Waals surface area contributed by atoms with Crippen molar-refractivity contribution in [2.75, 3.05) is 26.8 Å². The van der Waals surface area contributed by atoms with Gasteiger partial charge in [0.15, 0.2) is 0 Å². The molecule has 1 amide bonds. The molecule has 1 aliphatic rings. The van der Waals surface area contributed by atoms with Crippen LogP contribution in [0, 0.1) is 5.92 Å². The number of likely N-dealkylation sites (tertiary alicyclic amines) is 1. The van der Waals surface area contributed by atoms with Gasteiger partial charge < -0.3 is 9.64 Å². The van der Waals surface area contributed by atoms with Crippen LogP contribution in [0.4, 0.5) is 0 Å². The monoisotopic (exact) mass is 343 g/mol. The highest BCUT2D eigenvalue weighted by molar-refractivity contribution is 9.11. The van der Waals surface area contributed by atoms with Crippen LogP contribution >= 0.6 is 27.3 Å². The third-order valence-corrected chi connectivity index (χ3v) is 4.76. The van der Waals surface area contributed by atoms with E-state index in [9.17, 15) is 4.79 Å². The summed E-state index contributed by atoms with van der Waals surface area (Å²) >= 11 is 5.04. The second kappa shape index (κ2) is 7.22. The van der Waals surface area contributed by atoms with Crippen molar-refractivity contribution < 1.29 is 9.53 Å². The predicted octanol–water partition coefficient (Wildman–Crippen LogP) is 3.41. The lowest BCUT2D eigenvalue weighted by molar-refractivity contribution is -0.128. The zero-order chi connectivity index (χ0) is 13.7. The lowest BCUT2D eigenvalue weighted by Crippen LogP contribution is -2.40. The lowest BCUT2D eigenvalue weighted by Gasteiger charge is -2.31. The first-order valence-corrected chi connectivity index (χ1v) is 8.06. The number of rotatable bonds is 4. The van der Waals surface area contributed by atoms with Gasteiger partial charge in [-0.25, -0.2) is 0 Å². The highest BCUT2D eigenvalue weighted by Gasteiger charge is 2.22. The summed E-state index contributed by atoms with van der Waals surface area (Å²) in [5, 5.41) is 2.03. The van der Waals surface area contributed by atoms with Crippen LogP contribution in [0.1, 0.15) is 18.4 Å². The van der Waals surface area contributed by atoms with E-state index in [-0.39, 0.29) is 5.91 Å². The van der Waals surface area contributed by atoms with Gasteiger partial charge in [-0.15, -0.1) is 11.3 Å². The zero-order valence-electron chi connectivity index (χ0n) is 11.0. The molecule has 104 valence electrons. The summed E-state index contributed by atoms with van der Waals surface area (Å²) in [4.78, 5) is 14.0. The number of methoxy groups -OCH3 is 1. The first-order valence-electron chi connectivity index (χ1n) is 6.39. The van der Waals surface area contributed by atoms with Crippen molar-refractivity contribution in [2.45, 2.75) is 12.8 Å². The maximum atomic E-state index is 12.1. The number of thiophene rings is 1. The van der Waals surface area contributed by atoms with Gasteiger partial charge in [0.25, 0.3) is 0 Å². The largest absolute Gasteiger partial charge is 0.384 e. The molecule has 0 N–H and O–H groups in total. The van der Waals surface area contributed by atoms with Crippen LogP contribution in [0.15, 0.2) is 21.3 Å². The molecule has 0 spiro atoms. The maximum Gasteiger partial charge on any atom is 0.246 e. The molecule has 1 aromatic rings. The number of amides is 1. The fraction of sp³-hybridized carbons (Fsp3) is 0.500. The Hall–Kier alpha value is -0.650. The molecule has 3 nitrogen and oxygen atoms in total. The molecule has 1 saturated heterocycles. The minimum Gasteiger partial charge on any atom is -0.384 e. The fourth-order valence-electron chi connectivity index (χ4n) is 2.32. The minimum absolute atomic E-state index is 0.100. The normalized spacial score (nSPS) is 20.1. The van der Waals surface area contributed by atoms with E-state index in [1.54, 1.807) is 24.5 Å². The van der Waals surface area contributed by atoms with Crippen LogP contribution < -0.4 is 0 Å². The molecule has 0 saturated carbocycles. The van der Waals surface area contributed by atoms with Crippen LogP contribution in [0.2, 0.25) is 0 Å². The van der Waals surface area contributed by atoms with E-state index in [2.05, 4.69) is 15.9 Å². The first kappa shape index (κ1) is 14.8. The fourth-order valence-corrected chi connectivity index (χ4v) is 3.46. The molecule has 2 heterocycles. The summed E-state index contributed by atoms with van der Waals surface area (Å²) in [5.41, 5.74) is 1.07. The Morgan fingerprint density at radius 1 is 1.68 bits per heavy atom. The van der Waals surface area contributed by atoms with Crippen LogP contribution in [0.25, 0.3) is 6.08 Å². The summed E-state index contributed by atoms with van der Waals surface area (Å²) < 4.78 is 6.26. The number of nitrogens with zero attached hydrogens (tertiary/aromatic N) is 1. The van der Waals surface area contributed by atoms with Crippen LogP contribution in [0.3, 0.4) is 0 Å². The molecule has 0 aliphatic carbocycles. The molecule has 1 aromatic heterocycles. The molecule has 2 rings (SSSR count). The Balaban J connectivity index is 1.90. The molecule has 1 unspecified atom stereocenters. The van der Waals surface area contributed by atoms with Crippen molar-refractivity contribution in [3.63, 3.8) is 0 Å². The minimum atomic E-state index is 0.100. The van der Waals surface area contributed by atoms with Crippen molar-refractivity contribution in [2.24, 2.45) is 5.92 Å². The van der Waals surface area contributed by atoms with E-state index < -0.39 is 0 Å². The predicted molar refractivity (Wildman–Crippen MR) is 82.2 cm³/mol. The molecule has 0 bridgehead atoms. The van der Waals surface area contributed by atoms with Gasteiger partial charge in [-0.05, 0) is 57.8 Å². The summed E-state index contributed by atoms with van der Waals surface area (Å²) in [5.74, 6) is 0.578. The number of hydrogen-bond acceptors (Lipinski definition) is 3. The van der Waals surface area contributed by atoms with Gasteiger partial charge in [-0.3, -0.25) is 4.79 Å². The molecule has 1 fully saturated rings. The summed E-state index contributed by atoms with van der Waals surface area (Å²) in [7, 11) is 1.72. The number of ether oxygens (including phenoxy) is 1. The van der Waals surface area contributed by atoms with Gasteiger partial charge in [-0.2, -0.15) is 0 Å². The number of hydrogen-bond donors (Lipinski definition) is 0. The Kier molecular flexibility index (Phi) is 5.60. The van der Waals surface area contributed by atoms with E-state index in [1.165, 1.54) is 0 Å². The van der Waals surface area contributed by atoms with Crippen molar-refractivity contribution in [1.29, 1.82) is 0 Å². The molecule has 1 aliphatic heterocycles. The van der Waals surface area contributed by atoms with Crippen LogP contribution in [-0.4, -0.2) is 37.6 Å². The van der Waals surface area contributed by atoms with E-state index in [1.807, 2.05) is 22.4 Å². The SMILES string of the molecule is COCC1CCCN(C(=O)/C=C/c2csc(Br)c2)C1. The molecule has 19 heavy (non-hydrogen) atoms. The Morgan fingerprint density at radius 2 is 2.53 bits per heavy atom. The first-order chi connectivity index (χ1) is 9.19. The van der Waals surface area contributed by atoms with E-state index in [4.69, 9.17) is 4.74 Å². The smallest absolute Gasteiger partial charge is 0.246 e. The Bertz CT molecular complexity index is 456. The van der Waals surface area contributed by atoms with Crippen molar-refractivity contribution in [3.05, 3.63) is 26.9 Å². The van der Waals surface area contributed by atoms with E-state index >= 15 is 0 Å². The van der Waals surface area contributed by atoms with Gasteiger partial charge in [0.1, 0.15) is 0 Å². The lowest BCUT2D eigenvalue weighted by atomic mass is 9.99. The Morgan fingerprint density at radius 3 is 3.21 bits per heavy atom. The van der Waals surface area contributed by atoms with Crippen LogP contribution in [0.5, 0.6) is 0 Å². The number of halogens is 1. The number of carbonyl (C=O) groups excluding carboxylic acids is 1.